The van der Waals surface area contributed by atoms with Crippen LogP contribution in [-0.4, -0.2) is 46.4 Å². The number of anilines is 1. The maximum Gasteiger partial charge on any atom is 0.228 e. The summed E-state index contributed by atoms with van der Waals surface area (Å²) in [6.45, 7) is 4.78. The molecule has 0 aliphatic rings. The third-order valence-electron chi connectivity index (χ3n) is 4.05. The van der Waals surface area contributed by atoms with Crippen LogP contribution in [0.4, 0.5) is 11.4 Å². The minimum absolute atomic E-state index is 0.00929. The zero-order valence-corrected chi connectivity index (χ0v) is 17.9. The number of carbonyl (C=O) groups is 1. The number of allylic oxidation sites excluding steroid dienone is 2. The maximum absolute atomic E-state index is 12.8. The second-order valence-corrected chi connectivity index (χ2v) is 7.72. The van der Waals surface area contributed by atoms with Gasteiger partial charge >= 0.3 is 0 Å². The molecule has 8 heteroatoms. The van der Waals surface area contributed by atoms with Crippen LogP contribution in [0.5, 0.6) is 0 Å². The van der Waals surface area contributed by atoms with Gasteiger partial charge in [-0.2, -0.15) is 0 Å². The van der Waals surface area contributed by atoms with Gasteiger partial charge in [0.15, 0.2) is 0 Å². The highest BCUT2D eigenvalue weighted by molar-refractivity contribution is 7.97. The molecule has 0 aliphatic heterocycles. The third kappa shape index (κ3) is 7.24. The lowest BCUT2D eigenvalue weighted by atomic mass is 10.2. The Balaban J connectivity index is 2.00. The second kappa shape index (κ2) is 11.2. The molecular formula is C21H28N6OS. The maximum atomic E-state index is 12.8. The number of amides is 1. The quantitative estimate of drug-likeness (QED) is 0.372. The van der Waals surface area contributed by atoms with Crippen molar-refractivity contribution in [3.05, 3.63) is 60.2 Å². The Labute approximate surface area is 176 Å². The number of hydrogen-bond donors (Lipinski definition) is 2. The van der Waals surface area contributed by atoms with Crippen molar-refractivity contribution in [2.45, 2.75) is 25.2 Å². The van der Waals surface area contributed by atoms with Crippen molar-refractivity contribution in [3.63, 3.8) is 0 Å². The van der Waals surface area contributed by atoms with Gasteiger partial charge < -0.3 is 16.4 Å². The molecule has 7 nitrogen and oxygen atoms in total. The zero-order chi connectivity index (χ0) is 21.2. The molecule has 29 heavy (non-hydrogen) atoms. The van der Waals surface area contributed by atoms with Crippen LogP contribution in [0.3, 0.4) is 0 Å². The van der Waals surface area contributed by atoms with E-state index in [0.717, 1.165) is 10.6 Å². The van der Waals surface area contributed by atoms with Crippen LogP contribution >= 0.6 is 11.9 Å². The van der Waals surface area contributed by atoms with Gasteiger partial charge in [-0.1, -0.05) is 6.07 Å². The van der Waals surface area contributed by atoms with E-state index in [0.29, 0.717) is 36.6 Å². The molecule has 0 fully saturated rings. The molecule has 0 spiro atoms. The number of aromatic nitrogens is 1. The van der Waals surface area contributed by atoms with E-state index < -0.39 is 0 Å². The van der Waals surface area contributed by atoms with Crippen molar-refractivity contribution in [1.82, 2.24) is 14.2 Å². The van der Waals surface area contributed by atoms with E-state index in [-0.39, 0.29) is 5.91 Å². The van der Waals surface area contributed by atoms with Crippen LogP contribution in [0.15, 0.2) is 70.1 Å². The highest BCUT2D eigenvalue weighted by Crippen LogP contribution is 2.23. The first-order valence-electron chi connectivity index (χ1n) is 9.36. The lowest BCUT2D eigenvalue weighted by Crippen LogP contribution is -2.34. The SMILES string of the molecule is CCN(C(=O)CCN(C)Sc1cccc(N)c1)/C(C=Nc1cccnc1)=C(\C)N. The Bertz CT molecular complexity index is 864. The first-order valence-corrected chi connectivity index (χ1v) is 10.1. The van der Waals surface area contributed by atoms with E-state index in [9.17, 15) is 4.79 Å². The number of pyridine rings is 1. The number of carbonyl (C=O) groups excluding carboxylic acids is 1. The third-order valence-corrected chi connectivity index (χ3v) is 5.01. The fourth-order valence-corrected chi connectivity index (χ4v) is 3.49. The number of benzene rings is 1. The average molecular weight is 413 g/mol. The molecule has 1 aromatic heterocycles. The van der Waals surface area contributed by atoms with Crippen LogP contribution in [0.1, 0.15) is 20.3 Å². The Morgan fingerprint density at radius 2 is 2.10 bits per heavy atom. The van der Waals surface area contributed by atoms with Crippen molar-refractivity contribution < 1.29 is 4.79 Å². The largest absolute Gasteiger partial charge is 0.401 e. The van der Waals surface area contributed by atoms with Crippen molar-refractivity contribution in [3.8, 4) is 0 Å². The fourth-order valence-electron chi connectivity index (χ4n) is 2.62. The smallest absolute Gasteiger partial charge is 0.228 e. The first-order chi connectivity index (χ1) is 13.9. The summed E-state index contributed by atoms with van der Waals surface area (Å²) in [5.74, 6) is -0.00929. The molecule has 1 aromatic carbocycles. The Morgan fingerprint density at radius 3 is 2.72 bits per heavy atom. The molecule has 0 saturated heterocycles. The van der Waals surface area contributed by atoms with Crippen molar-refractivity contribution in [1.29, 1.82) is 0 Å². The van der Waals surface area contributed by atoms with Gasteiger partial charge in [0.1, 0.15) is 0 Å². The molecule has 1 heterocycles. The Morgan fingerprint density at radius 1 is 1.31 bits per heavy atom. The number of nitrogens with two attached hydrogens (primary N) is 2. The van der Waals surface area contributed by atoms with Crippen molar-refractivity contribution in [2.24, 2.45) is 10.7 Å². The highest BCUT2D eigenvalue weighted by atomic mass is 32.2. The monoisotopic (exact) mass is 412 g/mol. The molecule has 154 valence electrons. The molecule has 2 aromatic rings. The Kier molecular flexibility index (Phi) is 8.69. The number of hydrogen-bond acceptors (Lipinski definition) is 7. The van der Waals surface area contributed by atoms with E-state index in [1.165, 1.54) is 0 Å². The summed E-state index contributed by atoms with van der Waals surface area (Å²) in [5, 5.41) is 0. The van der Waals surface area contributed by atoms with Gasteiger partial charge in [-0.15, -0.1) is 0 Å². The van der Waals surface area contributed by atoms with Crippen LogP contribution < -0.4 is 11.5 Å². The molecule has 0 aliphatic carbocycles. The summed E-state index contributed by atoms with van der Waals surface area (Å²) >= 11 is 1.55. The molecule has 0 unspecified atom stereocenters. The van der Waals surface area contributed by atoms with E-state index in [1.807, 2.05) is 54.7 Å². The van der Waals surface area contributed by atoms with Gasteiger partial charge in [-0.05, 0) is 63.2 Å². The van der Waals surface area contributed by atoms with Crippen molar-refractivity contribution >= 4 is 35.4 Å². The summed E-state index contributed by atoms with van der Waals surface area (Å²) in [5.41, 5.74) is 14.4. The standard InChI is InChI=1S/C21H28N6OS/c1-4-27(20(16(2)22)15-25-18-8-6-11-24-14-18)21(28)10-12-26(3)29-19-9-5-7-17(23)13-19/h5-9,11,13-15H,4,10,12,22-23H2,1-3H3/b20-16+,25-15?. The van der Waals surface area contributed by atoms with Crippen molar-refractivity contribution in [2.75, 3.05) is 25.9 Å². The predicted octanol–water partition coefficient (Wildman–Crippen LogP) is 3.43. The average Bonchev–Trinajstić information content (AvgIpc) is 2.70. The summed E-state index contributed by atoms with van der Waals surface area (Å²) < 4.78 is 2.02. The van der Waals surface area contributed by atoms with Gasteiger partial charge in [0.2, 0.25) is 5.91 Å². The fraction of sp³-hybridized carbons (Fsp3) is 0.286. The number of nitrogen functional groups attached to an aromatic ring is 1. The second-order valence-electron chi connectivity index (χ2n) is 6.44. The molecule has 0 atom stereocenters. The van der Waals surface area contributed by atoms with Crippen LogP contribution in [0.25, 0.3) is 0 Å². The molecule has 4 N–H and O–H groups in total. The lowest BCUT2D eigenvalue weighted by molar-refractivity contribution is -0.128. The van der Waals surface area contributed by atoms with Gasteiger partial charge in [0, 0.05) is 42.0 Å². The molecule has 0 saturated carbocycles. The van der Waals surface area contributed by atoms with E-state index in [4.69, 9.17) is 11.5 Å². The number of aliphatic imine (C=N–C) groups is 1. The molecular weight excluding hydrogens is 384 g/mol. The predicted molar refractivity (Wildman–Crippen MR) is 121 cm³/mol. The van der Waals surface area contributed by atoms with Gasteiger partial charge in [-0.3, -0.25) is 14.8 Å². The highest BCUT2D eigenvalue weighted by Gasteiger charge is 2.17. The summed E-state index contributed by atoms with van der Waals surface area (Å²) in [6, 6.07) is 11.3. The van der Waals surface area contributed by atoms with Gasteiger partial charge in [0.25, 0.3) is 0 Å². The van der Waals surface area contributed by atoms with E-state index >= 15 is 0 Å². The van der Waals surface area contributed by atoms with Gasteiger partial charge in [0.05, 0.1) is 23.8 Å². The molecule has 1 amide bonds. The lowest BCUT2D eigenvalue weighted by Gasteiger charge is -2.24. The zero-order valence-electron chi connectivity index (χ0n) is 17.1. The normalized spacial score (nSPS) is 12.3. The van der Waals surface area contributed by atoms with Gasteiger partial charge in [-0.25, -0.2) is 4.31 Å². The summed E-state index contributed by atoms with van der Waals surface area (Å²) in [6.07, 6.45) is 5.32. The van der Waals surface area contributed by atoms with Crippen LogP contribution in [0.2, 0.25) is 0 Å². The Hall–Kier alpha value is -2.84. The summed E-state index contributed by atoms with van der Waals surface area (Å²) in [4.78, 5) is 24.0. The molecule has 0 bridgehead atoms. The number of nitrogens with zero attached hydrogens (tertiary/aromatic N) is 4. The van der Waals surface area contributed by atoms with Crippen LogP contribution in [-0.2, 0) is 4.79 Å². The first kappa shape index (κ1) is 22.4. The van der Waals surface area contributed by atoms with E-state index in [1.54, 1.807) is 42.4 Å². The minimum atomic E-state index is -0.00929. The number of rotatable bonds is 9. The topological polar surface area (TPSA) is 101 Å². The summed E-state index contributed by atoms with van der Waals surface area (Å²) in [7, 11) is 1.95. The minimum Gasteiger partial charge on any atom is -0.401 e. The molecule has 2 rings (SSSR count). The van der Waals surface area contributed by atoms with Crippen LogP contribution in [0, 0.1) is 0 Å². The van der Waals surface area contributed by atoms with E-state index in [2.05, 4.69) is 9.98 Å². The molecule has 0 radical (unpaired) electrons.